The summed E-state index contributed by atoms with van der Waals surface area (Å²) < 4.78 is 18.3. The van der Waals surface area contributed by atoms with Crippen LogP contribution in [0.5, 0.6) is 5.75 Å². The van der Waals surface area contributed by atoms with Crippen LogP contribution in [0.2, 0.25) is 0 Å². The van der Waals surface area contributed by atoms with Crippen molar-refractivity contribution in [1.82, 2.24) is 4.90 Å². The molecule has 0 aromatic heterocycles. The molecule has 1 amide bonds. The minimum absolute atomic E-state index is 0.0856. The van der Waals surface area contributed by atoms with Crippen LogP contribution in [0.4, 0.5) is 9.18 Å². The Bertz CT molecular complexity index is 498. The second kappa shape index (κ2) is 4.52. The van der Waals surface area contributed by atoms with E-state index in [-0.39, 0.29) is 24.4 Å². The van der Waals surface area contributed by atoms with Gasteiger partial charge in [-0.3, -0.25) is 0 Å². The highest BCUT2D eigenvalue weighted by Crippen LogP contribution is 2.24. The standard InChI is InChI=1S/C11H10FNO5/c12-6-1-2-8(10(14)15)9(3-6)18-7-4-13(5-7)11(16)17/h1-3,7H,4-5H2,(H,14,15)(H,16,17). The fourth-order valence-electron chi connectivity index (χ4n) is 1.62. The quantitative estimate of drug-likeness (QED) is 0.849. The number of halogens is 1. The predicted molar refractivity (Wildman–Crippen MR) is 57.4 cm³/mol. The van der Waals surface area contributed by atoms with Gasteiger partial charge in [-0.15, -0.1) is 0 Å². The number of carboxylic acids is 1. The van der Waals surface area contributed by atoms with Crippen LogP contribution >= 0.6 is 0 Å². The van der Waals surface area contributed by atoms with E-state index >= 15 is 0 Å². The van der Waals surface area contributed by atoms with Crippen LogP contribution in [0.25, 0.3) is 0 Å². The van der Waals surface area contributed by atoms with E-state index in [0.717, 1.165) is 23.1 Å². The lowest BCUT2D eigenvalue weighted by molar-refractivity contribution is 0.0239. The zero-order chi connectivity index (χ0) is 13.3. The number of hydrogen-bond donors (Lipinski definition) is 2. The number of benzene rings is 1. The first-order valence-electron chi connectivity index (χ1n) is 5.14. The molecule has 7 heteroatoms. The smallest absolute Gasteiger partial charge is 0.407 e. The maximum atomic E-state index is 13.0. The molecule has 0 bridgehead atoms. The zero-order valence-electron chi connectivity index (χ0n) is 9.17. The van der Waals surface area contributed by atoms with Crippen LogP contribution in [0.15, 0.2) is 18.2 Å². The summed E-state index contributed by atoms with van der Waals surface area (Å²) in [4.78, 5) is 22.5. The van der Waals surface area contributed by atoms with Gasteiger partial charge in [0, 0.05) is 6.07 Å². The number of amides is 1. The molecular weight excluding hydrogens is 245 g/mol. The van der Waals surface area contributed by atoms with Crippen molar-refractivity contribution in [2.75, 3.05) is 13.1 Å². The van der Waals surface area contributed by atoms with Crippen molar-refractivity contribution in [3.05, 3.63) is 29.6 Å². The van der Waals surface area contributed by atoms with Crippen LogP contribution in [0.1, 0.15) is 10.4 Å². The molecular formula is C11H10FNO5. The van der Waals surface area contributed by atoms with E-state index in [0.29, 0.717) is 0 Å². The Morgan fingerprint density at radius 2 is 2.00 bits per heavy atom. The third-order valence-corrected chi connectivity index (χ3v) is 2.59. The van der Waals surface area contributed by atoms with E-state index in [9.17, 15) is 14.0 Å². The van der Waals surface area contributed by atoms with Crippen molar-refractivity contribution in [2.45, 2.75) is 6.10 Å². The third kappa shape index (κ3) is 2.34. The lowest BCUT2D eigenvalue weighted by Gasteiger charge is -2.36. The first kappa shape index (κ1) is 12.2. The SMILES string of the molecule is O=C(O)c1ccc(F)cc1OC1CN(C(=O)O)C1. The third-order valence-electron chi connectivity index (χ3n) is 2.59. The Morgan fingerprint density at radius 1 is 1.33 bits per heavy atom. The Morgan fingerprint density at radius 3 is 2.56 bits per heavy atom. The van der Waals surface area contributed by atoms with Gasteiger partial charge in [0.05, 0.1) is 13.1 Å². The highest BCUT2D eigenvalue weighted by Gasteiger charge is 2.33. The molecule has 1 aliphatic heterocycles. The van der Waals surface area contributed by atoms with E-state index in [1.54, 1.807) is 0 Å². The van der Waals surface area contributed by atoms with Gasteiger partial charge in [0.25, 0.3) is 0 Å². The van der Waals surface area contributed by atoms with Crippen LogP contribution in [-0.2, 0) is 0 Å². The number of aromatic carboxylic acids is 1. The molecule has 0 aliphatic carbocycles. The minimum Gasteiger partial charge on any atom is -0.486 e. The van der Waals surface area contributed by atoms with Crippen LogP contribution in [-0.4, -0.2) is 46.4 Å². The Labute approximate surface area is 101 Å². The molecule has 2 rings (SSSR count). The summed E-state index contributed by atoms with van der Waals surface area (Å²) in [6, 6.07) is 3.12. The molecule has 1 aliphatic rings. The lowest BCUT2D eigenvalue weighted by Crippen LogP contribution is -2.55. The van der Waals surface area contributed by atoms with Crippen molar-refractivity contribution in [3.63, 3.8) is 0 Å². The summed E-state index contributed by atoms with van der Waals surface area (Å²) >= 11 is 0. The fourth-order valence-corrected chi connectivity index (χ4v) is 1.62. The topological polar surface area (TPSA) is 87.1 Å². The Balaban J connectivity index is 2.08. The van der Waals surface area contributed by atoms with Gasteiger partial charge in [0.15, 0.2) is 0 Å². The second-order valence-electron chi connectivity index (χ2n) is 3.87. The molecule has 1 saturated heterocycles. The molecule has 0 saturated carbocycles. The molecule has 96 valence electrons. The van der Waals surface area contributed by atoms with Crippen molar-refractivity contribution < 1.29 is 28.9 Å². The van der Waals surface area contributed by atoms with Crippen LogP contribution in [0, 0.1) is 5.82 Å². The average molecular weight is 255 g/mol. The number of carboxylic acid groups (broad SMARTS) is 2. The first-order chi connectivity index (χ1) is 8.47. The summed E-state index contributed by atoms with van der Waals surface area (Å²) in [5, 5.41) is 17.5. The van der Waals surface area contributed by atoms with E-state index in [4.69, 9.17) is 14.9 Å². The van der Waals surface area contributed by atoms with Crippen molar-refractivity contribution in [3.8, 4) is 5.75 Å². The molecule has 0 atom stereocenters. The van der Waals surface area contributed by atoms with E-state index < -0.39 is 24.0 Å². The van der Waals surface area contributed by atoms with Gasteiger partial charge in [0.2, 0.25) is 0 Å². The zero-order valence-corrected chi connectivity index (χ0v) is 9.17. The summed E-state index contributed by atoms with van der Waals surface area (Å²) in [6.45, 7) is 0.288. The first-order valence-corrected chi connectivity index (χ1v) is 5.14. The van der Waals surface area contributed by atoms with Gasteiger partial charge in [-0.25, -0.2) is 14.0 Å². The molecule has 1 fully saturated rings. The van der Waals surface area contributed by atoms with Gasteiger partial charge < -0.3 is 19.8 Å². The highest BCUT2D eigenvalue weighted by atomic mass is 19.1. The van der Waals surface area contributed by atoms with Gasteiger partial charge in [0.1, 0.15) is 23.2 Å². The van der Waals surface area contributed by atoms with Crippen LogP contribution < -0.4 is 4.74 Å². The monoisotopic (exact) mass is 255 g/mol. The normalized spacial score (nSPS) is 15.1. The second-order valence-corrected chi connectivity index (χ2v) is 3.87. The maximum absolute atomic E-state index is 13.0. The van der Waals surface area contributed by atoms with E-state index in [1.807, 2.05) is 0 Å². The average Bonchev–Trinajstić information content (AvgIpc) is 2.21. The number of rotatable bonds is 3. The molecule has 0 unspecified atom stereocenters. The number of nitrogens with zero attached hydrogens (tertiary/aromatic N) is 1. The number of carbonyl (C=O) groups is 2. The van der Waals surface area contributed by atoms with Crippen molar-refractivity contribution in [2.24, 2.45) is 0 Å². The lowest BCUT2D eigenvalue weighted by atomic mass is 10.1. The van der Waals surface area contributed by atoms with Crippen molar-refractivity contribution in [1.29, 1.82) is 0 Å². The van der Waals surface area contributed by atoms with Gasteiger partial charge in [-0.05, 0) is 12.1 Å². The van der Waals surface area contributed by atoms with E-state index in [1.165, 1.54) is 0 Å². The van der Waals surface area contributed by atoms with E-state index in [2.05, 4.69) is 0 Å². The minimum atomic E-state index is -1.22. The van der Waals surface area contributed by atoms with Gasteiger partial charge in [-0.1, -0.05) is 0 Å². The largest absolute Gasteiger partial charge is 0.486 e. The number of hydrogen-bond acceptors (Lipinski definition) is 3. The summed E-state index contributed by atoms with van der Waals surface area (Å²) in [7, 11) is 0. The summed E-state index contributed by atoms with van der Waals surface area (Å²) in [5.74, 6) is -1.92. The molecule has 1 heterocycles. The molecule has 0 spiro atoms. The molecule has 18 heavy (non-hydrogen) atoms. The Hall–Kier alpha value is -2.31. The molecule has 6 nitrogen and oxygen atoms in total. The Kier molecular flexibility index (Phi) is 3.05. The fraction of sp³-hybridized carbons (Fsp3) is 0.273. The van der Waals surface area contributed by atoms with Crippen molar-refractivity contribution >= 4 is 12.1 Å². The molecule has 1 aromatic rings. The van der Waals surface area contributed by atoms with Gasteiger partial charge >= 0.3 is 12.1 Å². The predicted octanol–water partition coefficient (Wildman–Crippen LogP) is 1.26. The highest BCUT2D eigenvalue weighted by molar-refractivity contribution is 5.90. The van der Waals surface area contributed by atoms with Crippen LogP contribution in [0.3, 0.4) is 0 Å². The summed E-state index contributed by atoms with van der Waals surface area (Å²) in [6.07, 6.45) is -1.51. The summed E-state index contributed by atoms with van der Waals surface area (Å²) in [5.41, 5.74) is -0.148. The molecule has 2 N–H and O–H groups in total. The number of likely N-dealkylation sites (tertiary alicyclic amines) is 1. The van der Waals surface area contributed by atoms with Gasteiger partial charge in [-0.2, -0.15) is 0 Å². The number of ether oxygens (including phenoxy) is 1. The molecule has 1 aromatic carbocycles. The molecule has 0 radical (unpaired) electrons. The maximum Gasteiger partial charge on any atom is 0.407 e.